The molecule has 0 spiro atoms. The summed E-state index contributed by atoms with van der Waals surface area (Å²) in [7, 11) is 0. The van der Waals surface area contributed by atoms with Gasteiger partial charge in [0.25, 0.3) is 0 Å². The molecule has 2 amide bonds. The molecule has 1 atom stereocenters. The van der Waals surface area contributed by atoms with Gasteiger partial charge in [-0.3, -0.25) is 9.59 Å². The number of rotatable bonds is 3. The lowest BCUT2D eigenvalue weighted by molar-refractivity contribution is -0.137. The molecule has 0 saturated carbocycles. The van der Waals surface area contributed by atoms with E-state index in [1.807, 2.05) is 17.9 Å². The van der Waals surface area contributed by atoms with Gasteiger partial charge < -0.3 is 20.0 Å². The third-order valence-corrected chi connectivity index (χ3v) is 6.00. The summed E-state index contributed by atoms with van der Waals surface area (Å²) in [6.45, 7) is 7.52. The topological polar surface area (TPSA) is 81.7 Å². The maximum atomic E-state index is 12.7. The number of anilines is 2. The van der Waals surface area contributed by atoms with Crippen LogP contribution in [0.4, 0.5) is 11.8 Å². The Morgan fingerprint density at radius 1 is 1.04 bits per heavy atom. The van der Waals surface area contributed by atoms with Crippen LogP contribution in [0.1, 0.15) is 37.8 Å². The second-order valence-corrected chi connectivity index (χ2v) is 8.07. The van der Waals surface area contributed by atoms with E-state index in [9.17, 15) is 9.59 Å². The number of amides is 2. The second-order valence-electron chi connectivity index (χ2n) is 8.07. The molecule has 8 nitrogen and oxygen atoms in total. The number of hydrogen-bond acceptors (Lipinski definition) is 6. The van der Waals surface area contributed by atoms with Crippen LogP contribution in [-0.2, 0) is 9.59 Å². The lowest BCUT2D eigenvalue weighted by atomic mass is 9.97. The van der Waals surface area contributed by atoms with Crippen LogP contribution >= 0.6 is 0 Å². The van der Waals surface area contributed by atoms with Gasteiger partial charge in [0.2, 0.25) is 17.8 Å². The number of aromatic nitrogens is 2. The molecule has 0 radical (unpaired) electrons. The van der Waals surface area contributed by atoms with Crippen molar-refractivity contribution < 1.29 is 9.59 Å². The molecule has 3 aliphatic heterocycles. The minimum Gasteiger partial charge on any atom is -0.355 e. The molecule has 1 aromatic heterocycles. The molecule has 4 rings (SSSR count). The number of carbonyl (C=O) groups is 2. The van der Waals surface area contributed by atoms with Crippen molar-refractivity contribution in [2.75, 3.05) is 55.6 Å². The Kier molecular flexibility index (Phi) is 5.64. The van der Waals surface area contributed by atoms with Crippen LogP contribution in [0.2, 0.25) is 0 Å². The highest BCUT2D eigenvalue weighted by Crippen LogP contribution is 2.22. The van der Waals surface area contributed by atoms with Crippen molar-refractivity contribution in [1.82, 2.24) is 20.2 Å². The first-order valence-corrected chi connectivity index (χ1v) is 10.5. The predicted molar refractivity (Wildman–Crippen MR) is 107 cm³/mol. The fourth-order valence-corrected chi connectivity index (χ4v) is 4.29. The van der Waals surface area contributed by atoms with Crippen molar-refractivity contribution in [2.45, 2.75) is 39.0 Å². The summed E-state index contributed by atoms with van der Waals surface area (Å²) in [6.07, 6.45) is 4.81. The molecule has 3 saturated heterocycles. The highest BCUT2D eigenvalue weighted by Gasteiger charge is 2.30. The summed E-state index contributed by atoms with van der Waals surface area (Å²) in [4.78, 5) is 40.0. The van der Waals surface area contributed by atoms with Gasteiger partial charge in [-0.1, -0.05) is 0 Å². The Morgan fingerprint density at radius 3 is 2.46 bits per heavy atom. The van der Waals surface area contributed by atoms with E-state index in [-0.39, 0.29) is 17.7 Å². The molecule has 0 aliphatic carbocycles. The Hall–Kier alpha value is -2.38. The molecule has 1 aromatic rings. The van der Waals surface area contributed by atoms with Crippen molar-refractivity contribution >= 4 is 23.6 Å². The Balaban J connectivity index is 1.37. The summed E-state index contributed by atoms with van der Waals surface area (Å²) in [5.74, 6) is 1.96. The molecular formula is C20H30N6O2. The van der Waals surface area contributed by atoms with E-state index in [0.717, 1.165) is 43.6 Å². The largest absolute Gasteiger partial charge is 0.355 e. The van der Waals surface area contributed by atoms with E-state index in [1.54, 1.807) is 0 Å². The average molecular weight is 387 g/mol. The molecule has 1 N–H and O–H groups in total. The van der Waals surface area contributed by atoms with Gasteiger partial charge in [-0.15, -0.1) is 0 Å². The van der Waals surface area contributed by atoms with Gasteiger partial charge in [0.05, 0.1) is 5.92 Å². The number of nitrogens with one attached hydrogen (secondary N) is 1. The van der Waals surface area contributed by atoms with E-state index in [4.69, 9.17) is 4.98 Å². The molecule has 1 unspecified atom stereocenters. The minimum atomic E-state index is -0.0729. The first kappa shape index (κ1) is 19.0. The highest BCUT2D eigenvalue weighted by atomic mass is 16.2. The summed E-state index contributed by atoms with van der Waals surface area (Å²) in [6, 6.07) is 2.04. The number of carbonyl (C=O) groups excluding carboxylic acids is 2. The van der Waals surface area contributed by atoms with Crippen molar-refractivity contribution in [3.05, 3.63) is 11.8 Å². The van der Waals surface area contributed by atoms with Gasteiger partial charge in [0.15, 0.2) is 0 Å². The maximum Gasteiger partial charge on any atom is 0.227 e. The van der Waals surface area contributed by atoms with E-state index in [1.165, 1.54) is 19.3 Å². The van der Waals surface area contributed by atoms with Gasteiger partial charge in [0.1, 0.15) is 5.82 Å². The molecule has 3 fully saturated rings. The van der Waals surface area contributed by atoms with Crippen LogP contribution in [0.25, 0.3) is 0 Å². The molecule has 3 aliphatic rings. The average Bonchev–Trinajstić information content (AvgIpc) is 2.74. The highest BCUT2D eigenvalue weighted by molar-refractivity contribution is 5.84. The molecule has 0 bridgehead atoms. The number of nitrogens with zero attached hydrogens (tertiary/aromatic N) is 5. The van der Waals surface area contributed by atoms with Gasteiger partial charge >= 0.3 is 0 Å². The van der Waals surface area contributed by atoms with Crippen molar-refractivity contribution in [3.8, 4) is 0 Å². The molecule has 0 aromatic carbocycles. The van der Waals surface area contributed by atoms with Crippen LogP contribution in [0, 0.1) is 12.8 Å². The number of aryl methyl sites for hydroxylation is 1. The summed E-state index contributed by atoms with van der Waals surface area (Å²) in [5, 5.41) is 2.81. The minimum absolute atomic E-state index is 0.0533. The zero-order valence-corrected chi connectivity index (χ0v) is 16.7. The van der Waals surface area contributed by atoms with Gasteiger partial charge in [-0.2, -0.15) is 4.98 Å². The first-order valence-electron chi connectivity index (χ1n) is 10.5. The third-order valence-electron chi connectivity index (χ3n) is 6.00. The van der Waals surface area contributed by atoms with Crippen LogP contribution in [0.3, 0.4) is 0 Å². The molecule has 8 heteroatoms. The number of piperazine rings is 1. The van der Waals surface area contributed by atoms with E-state index >= 15 is 0 Å². The van der Waals surface area contributed by atoms with Crippen molar-refractivity contribution in [3.63, 3.8) is 0 Å². The number of hydrogen-bond donors (Lipinski definition) is 1. The van der Waals surface area contributed by atoms with Gasteiger partial charge in [-0.05, 0) is 32.6 Å². The molecular weight excluding hydrogens is 356 g/mol. The normalized spacial score (nSPS) is 23.5. The van der Waals surface area contributed by atoms with Crippen LogP contribution < -0.4 is 15.1 Å². The SMILES string of the molecule is Cc1cc(N2CCN(C(=O)C3CCC(=O)NC3)CC2)nc(N2CCCCC2)n1. The van der Waals surface area contributed by atoms with Crippen LogP contribution in [0.5, 0.6) is 0 Å². The lowest BCUT2D eigenvalue weighted by Gasteiger charge is -2.38. The molecule has 28 heavy (non-hydrogen) atoms. The maximum absolute atomic E-state index is 12.7. The Labute approximate surface area is 166 Å². The molecule has 4 heterocycles. The monoisotopic (exact) mass is 386 g/mol. The summed E-state index contributed by atoms with van der Waals surface area (Å²) < 4.78 is 0. The fraction of sp³-hybridized carbons (Fsp3) is 0.700. The standard InChI is InChI=1S/C20H30N6O2/c1-15-13-17(23-20(22-15)26-7-3-2-4-8-26)24-9-11-25(12-10-24)19(28)16-5-6-18(27)21-14-16/h13,16H,2-12,14H2,1H3,(H,21,27). The zero-order valence-electron chi connectivity index (χ0n) is 16.7. The van der Waals surface area contributed by atoms with E-state index < -0.39 is 0 Å². The van der Waals surface area contributed by atoms with E-state index in [0.29, 0.717) is 32.5 Å². The van der Waals surface area contributed by atoms with Crippen LogP contribution in [-0.4, -0.2) is 72.5 Å². The predicted octanol–water partition coefficient (Wildman–Crippen LogP) is 0.950. The van der Waals surface area contributed by atoms with Gasteiger partial charge in [-0.25, -0.2) is 4.98 Å². The zero-order chi connectivity index (χ0) is 19.5. The van der Waals surface area contributed by atoms with Crippen molar-refractivity contribution in [1.29, 1.82) is 0 Å². The van der Waals surface area contributed by atoms with Gasteiger partial charge in [0, 0.05) is 64.0 Å². The third kappa shape index (κ3) is 4.20. The smallest absolute Gasteiger partial charge is 0.227 e. The second kappa shape index (κ2) is 8.32. The Bertz CT molecular complexity index is 715. The Morgan fingerprint density at radius 2 is 1.79 bits per heavy atom. The quantitative estimate of drug-likeness (QED) is 0.833. The summed E-state index contributed by atoms with van der Waals surface area (Å²) in [5.41, 5.74) is 0.988. The summed E-state index contributed by atoms with van der Waals surface area (Å²) >= 11 is 0. The molecule has 152 valence electrons. The van der Waals surface area contributed by atoms with Crippen molar-refractivity contribution in [2.24, 2.45) is 5.92 Å². The van der Waals surface area contributed by atoms with Crippen LogP contribution in [0.15, 0.2) is 6.07 Å². The first-order chi connectivity index (χ1) is 13.6. The number of piperidine rings is 2. The fourth-order valence-electron chi connectivity index (χ4n) is 4.29. The lowest BCUT2D eigenvalue weighted by Crippen LogP contribution is -2.52. The van der Waals surface area contributed by atoms with E-state index in [2.05, 4.69) is 20.1 Å².